The predicted octanol–water partition coefficient (Wildman–Crippen LogP) is 3.18. The molecule has 0 radical (unpaired) electrons. The van der Waals surface area contributed by atoms with Gasteiger partial charge in [0.2, 0.25) is 0 Å². The van der Waals surface area contributed by atoms with E-state index in [1.54, 1.807) is 0 Å². The monoisotopic (exact) mass is 447 g/mol. The van der Waals surface area contributed by atoms with Crippen LogP contribution < -0.4 is 15.5 Å². The summed E-state index contributed by atoms with van der Waals surface area (Å²) < 4.78 is 6.10. The number of carbonyl (C=O) groups is 1. The number of amides is 1. The third kappa shape index (κ3) is 4.28. The third-order valence-electron chi connectivity index (χ3n) is 7.39. The Hall–Kier alpha value is -1.83. The van der Waals surface area contributed by atoms with E-state index in [1.165, 1.54) is 19.3 Å². The summed E-state index contributed by atoms with van der Waals surface area (Å²) in [6, 6.07) is 8.09. The topological polar surface area (TPSA) is 73.6 Å². The summed E-state index contributed by atoms with van der Waals surface area (Å²) in [7, 11) is 2.24. The number of nitrogens with zero attached hydrogens (tertiary/aromatic N) is 3. The second-order valence-electron chi connectivity index (χ2n) is 9.15. The lowest BCUT2D eigenvalue weighted by Crippen LogP contribution is -2.55. The second kappa shape index (κ2) is 9.35. The summed E-state index contributed by atoms with van der Waals surface area (Å²) in [6.45, 7) is 4.90. The van der Waals surface area contributed by atoms with Crippen LogP contribution in [0.25, 0.3) is 11.1 Å². The van der Waals surface area contributed by atoms with Crippen molar-refractivity contribution in [2.24, 2.45) is 0 Å². The molecule has 7 nitrogen and oxygen atoms in total. The number of carbonyl (C=O) groups excluding carboxylic acids is 1. The Morgan fingerprint density at radius 3 is 2.81 bits per heavy atom. The van der Waals surface area contributed by atoms with Gasteiger partial charge >= 0.3 is 0 Å². The van der Waals surface area contributed by atoms with Crippen LogP contribution in [0.2, 0.25) is 0 Å². The number of hydrogen-bond donors (Lipinski definition) is 2. The molecule has 5 rings (SSSR count). The molecule has 3 fully saturated rings. The first-order chi connectivity index (χ1) is 14.6. The molecular weight excluding hydrogens is 414 g/mol. The number of rotatable bonds is 4. The molecule has 3 aliphatic heterocycles. The van der Waals surface area contributed by atoms with Gasteiger partial charge < -0.3 is 24.9 Å². The van der Waals surface area contributed by atoms with Crippen molar-refractivity contribution < 1.29 is 9.21 Å². The molecule has 2 unspecified atom stereocenters. The quantitative estimate of drug-likeness (QED) is 0.749. The number of aromatic nitrogens is 1. The van der Waals surface area contributed by atoms with Crippen molar-refractivity contribution in [3.63, 3.8) is 0 Å². The number of fused-ring (bicyclic) bond motifs is 3. The lowest BCUT2D eigenvalue weighted by molar-refractivity contribution is 0.0463. The van der Waals surface area contributed by atoms with Crippen LogP contribution in [0.4, 0.5) is 6.01 Å². The van der Waals surface area contributed by atoms with Crippen molar-refractivity contribution in [3.05, 3.63) is 23.8 Å². The lowest BCUT2D eigenvalue weighted by atomic mass is 9.82. The van der Waals surface area contributed by atoms with Gasteiger partial charge in [-0.1, -0.05) is 19.4 Å². The lowest BCUT2D eigenvalue weighted by Gasteiger charge is -2.47. The van der Waals surface area contributed by atoms with Crippen molar-refractivity contribution in [2.75, 3.05) is 31.6 Å². The maximum atomic E-state index is 13.2. The fourth-order valence-electron chi connectivity index (χ4n) is 5.62. The van der Waals surface area contributed by atoms with Crippen LogP contribution >= 0.6 is 12.4 Å². The Kier molecular flexibility index (Phi) is 6.74. The zero-order valence-corrected chi connectivity index (χ0v) is 19.3. The van der Waals surface area contributed by atoms with E-state index in [0.717, 1.165) is 38.9 Å². The predicted molar refractivity (Wildman–Crippen MR) is 125 cm³/mol. The maximum absolute atomic E-state index is 13.2. The highest BCUT2D eigenvalue weighted by molar-refractivity contribution is 6.04. The van der Waals surface area contributed by atoms with E-state index < -0.39 is 0 Å². The smallest absolute Gasteiger partial charge is 0.298 e. The minimum atomic E-state index is -0.0274. The molecule has 8 heteroatoms. The highest BCUT2D eigenvalue weighted by Gasteiger charge is 2.36. The minimum absolute atomic E-state index is 0. The normalized spacial score (nSPS) is 28.9. The molecule has 1 aromatic heterocycles. The molecule has 2 bridgehead atoms. The molecule has 31 heavy (non-hydrogen) atoms. The van der Waals surface area contributed by atoms with Gasteiger partial charge in [0.15, 0.2) is 5.58 Å². The third-order valence-corrected chi connectivity index (χ3v) is 7.39. The van der Waals surface area contributed by atoms with Crippen molar-refractivity contribution >= 4 is 35.4 Å². The van der Waals surface area contributed by atoms with E-state index in [2.05, 4.69) is 34.4 Å². The van der Waals surface area contributed by atoms with Crippen molar-refractivity contribution in [1.29, 1.82) is 0 Å². The van der Waals surface area contributed by atoms with Gasteiger partial charge in [0.1, 0.15) is 5.52 Å². The fourth-order valence-corrected chi connectivity index (χ4v) is 5.62. The molecule has 2 N–H and O–H groups in total. The van der Waals surface area contributed by atoms with Gasteiger partial charge in [0, 0.05) is 43.8 Å². The van der Waals surface area contributed by atoms with Gasteiger partial charge in [0.25, 0.3) is 11.9 Å². The van der Waals surface area contributed by atoms with Crippen LogP contribution in [-0.4, -0.2) is 66.6 Å². The minimum Gasteiger partial charge on any atom is -0.423 e. The Morgan fingerprint density at radius 2 is 2.06 bits per heavy atom. The van der Waals surface area contributed by atoms with Crippen molar-refractivity contribution in [1.82, 2.24) is 20.5 Å². The molecule has 3 aliphatic rings. The van der Waals surface area contributed by atoms with Gasteiger partial charge in [-0.05, 0) is 51.3 Å². The first-order valence-electron chi connectivity index (χ1n) is 11.5. The first kappa shape index (κ1) is 22.4. The number of para-hydroxylation sites is 1. The average Bonchev–Trinajstić information content (AvgIpc) is 3.18. The summed E-state index contributed by atoms with van der Waals surface area (Å²) in [5.74, 6) is -0.0274. The molecular formula is C23H34ClN5O2. The van der Waals surface area contributed by atoms with E-state index in [-0.39, 0.29) is 24.4 Å². The van der Waals surface area contributed by atoms with Crippen LogP contribution in [0, 0.1) is 0 Å². The van der Waals surface area contributed by atoms with Crippen LogP contribution in [-0.2, 0) is 0 Å². The highest BCUT2D eigenvalue weighted by atomic mass is 35.5. The summed E-state index contributed by atoms with van der Waals surface area (Å²) in [4.78, 5) is 22.7. The number of anilines is 1. The number of benzene rings is 1. The van der Waals surface area contributed by atoms with E-state index in [1.807, 2.05) is 18.2 Å². The fraction of sp³-hybridized carbons (Fsp3) is 0.652. The second-order valence-corrected chi connectivity index (χ2v) is 9.15. The van der Waals surface area contributed by atoms with Gasteiger partial charge in [0.05, 0.1) is 5.56 Å². The molecule has 3 saturated heterocycles. The summed E-state index contributed by atoms with van der Waals surface area (Å²) in [5, 5.41) is 6.75. The first-order valence-corrected chi connectivity index (χ1v) is 11.5. The van der Waals surface area contributed by atoms with Crippen LogP contribution in [0.15, 0.2) is 22.6 Å². The average molecular weight is 448 g/mol. The Bertz CT molecular complexity index is 905. The number of piperidine rings is 2. The molecule has 0 aliphatic carbocycles. The van der Waals surface area contributed by atoms with Crippen LogP contribution in [0.3, 0.4) is 0 Å². The molecule has 2 aromatic rings. The van der Waals surface area contributed by atoms with Crippen molar-refractivity contribution in [3.8, 4) is 0 Å². The number of halogens is 1. The SMILES string of the molecule is CC[C@H]1CNCCN1c1nc2c(C(=O)NC3CC4CCCC(C3)N4C)cccc2o1.Cl. The Balaban J connectivity index is 0.00000231. The Labute approximate surface area is 190 Å². The highest BCUT2D eigenvalue weighted by Crippen LogP contribution is 2.33. The number of hydrogen-bond acceptors (Lipinski definition) is 6. The Morgan fingerprint density at radius 1 is 1.29 bits per heavy atom. The molecule has 1 amide bonds. The van der Waals surface area contributed by atoms with Gasteiger partial charge in [-0.25, -0.2) is 0 Å². The summed E-state index contributed by atoms with van der Waals surface area (Å²) in [5.41, 5.74) is 1.98. The zero-order chi connectivity index (χ0) is 20.7. The van der Waals surface area contributed by atoms with E-state index in [0.29, 0.717) is 40.8 Å². The van der Waals surface area contributed by atoms with E-state index >= 15 is 0 Å². The molecule has 3 atom stereocenters. The molecule has 4 heterocycles. The molecule has 0 spiro atoms. The van der Waals surface area contributed by atoms with Crippen molar-refractivity contribution in [2.45, 2.75) is 69.6 Å². The maximum Gasteiger partial charge on any atom is 0.298 e. The van der Waals surface area contributed by atoms with Gasteiger partial charge in [-0.3, -0.25) is 4.79 Å². The zero-order valence-electron chi connectivity index (χ0n) is 18.5. The largest absolute Gasteiger partial charge is 0.423 e. The van der Waals surface area contributed by atoms with Gasteiger partial charge in [-0.15, -0.1) is 12.4 Å². The standard InChI is InChI=1S/C23H33N5O2.ClH/c1-3-16-14-24-10-11-28(16)23-26-21-19(8-5-9-20(21)30-23)22(29)25-15-12-17-6-4-7-18(13-15)27(17)2;/h5,8-9,15-18,24H,3-4,6-7,10-14H2,1-2H3,(H,25,29);1H/t15?,16-,17?,18?;/m0./s1. The van der Waals surface area contributed by atoms with Crippen LogP contribution in [0.1, 0.15) is 55.8 Å². The number of piperazine rings is 1. The number of nitrogens with one attached hydrogen (secondary N) is 2. The molecule has 0 saturated carbocycles. The van der Waals surface area contributed by atoms with Gasteiger partial charge in [-0.2, -0.15) is 4.98 Å². The summed E-state index contributed by atoms with van der Waals surface area (Å²) in [6.07, 6.45) is 6.90. The summed E-state index contributed by atoms with van der Waals surface area (Å²) >= 11 is 0. The molecule has 1 aromatic carbocycles. The van der Waals surface area contributed by atoms with Crippen LogP contribution in [0.5, 0.6) is 0 Å². The van der Waals surface area contributed by atoms with E-state index in [4.69, 9.17) is 9.40 Å². The molecule has 170 valence electrons. The number of oxazole rings is 1. The van der Waals surface area contributed by atoms with E-state index in [9.17, 15) is 4.79 Å².